The Bertz CT molecular complexity index is 1730. The van der Waals surface area contributed by atoms with E-state index in [1.165, 1.54) is 21.7 Å². The third kappa shape index (κ3) is 5.67. The number of halogens is 3. The smallest absolute Gasteiger partial charge is 0.274 e. The fraction of sp³-hybridized carbons (Fsp3) is 0.0800. The molecule has 14 heteroatoms. The topological polar surface area (TPSA) is 146 Å². The van der Waals surface area contributed by atoms with Crippen LogP contribution in [0.25, 0.3) is 17.2 Å². The van der Waals surface area contributed by atoms with Gasteiger partial charge in [-0.15, -0.1) is 10.2 Å². The molecule has 5 rings (SSSR count). The highest BCUT2D eigenvalue weighted by atomic mass is 79.9. The first-order valence-corrected chi connectivity index (χ1v) is 12.9. The molecule has 3 aromatic heterocycles. The van der Waals surface area contributed by atoms with Crippen molar-refractivity contribution in [1.29, 1.82) is 0 Å². The molecule has 2 amide bonds. The Morgan fingerprint density at radius 2 is 1.90 bits per heavy atom. The van der Waals surface area contributed by atoms with Gasteiger partial charge in [-0.05, 0) is 60.2 Å². The van der Waals surface area contributed by atoms with Crippen LogP contribution in [0.1, 0.15) is 32.1 Å². The van der Waals surface area contributed by atoms with Gasteiger partial charge in [-0.3, -0.25) is 9.59 Å². The molecule has 3 N–H and O–H groups in total. The lowest BCUT2D eigenvalue weighted by atomic mass is 10.1. The zero-order chi connectivity index (χ0) is 27.7. The predicted molar refractivity (Wildman–Crippen MR) is 149 cm³/mol. The molecule has 0 saturated carbocycles. The highest BCUT2D eigenvalue weighted by molar-refractivity contribution is 9.10. The van der Waals surface area contributed by atoms with Crippen molar-refractivity contribution in [2.45, 2.75) is 13.5 Å². The fourth-order valence-electron chi connectivity index (χ4n) is 3.84. The largest absolute Gasteiger partial charge is 0.366 e. The van der Waals surface area contributed by atoms with Crippen LogP contribution in [0.4, 0.5) is 5.69 Å². The number of nitrogens with one attached hydrogen (secondary N) is 1. The molecule has 39 heavy (non-hydrogen) atoms. The number of benzene rings is 2. The molecule has 0 bridgehead atoms. The molecule has 0 spiro atoms. The Morgan fingerprint density at radius 3 is 2.64 bits per heavy atom. The van der Waals surface area contributed by atoms with Crippen molar-refractivity contribution in [2.24, 2.45) is 5.73 Å². The molecule has 0 unspecified atom stereocenters. The standard InChI is InChI=1S/C25H18BrCl2N9O2/c1-13-8-16(27)10-18(22(29)38)21(13)31-25(39)20-11-17(33-37(20)24-19(28)6-3-7-30-24)12-36-34-23(32-35-36)14-4-2-5-15(26)9-14/h2-11H,12H2,1H3,(H2,29,38)(H,31,39). The van der Waals surface area contributed by atoms with Crippen LogP contribution < -0.4 is 11.1 Å². The van der Waals surface area contributed by atoms with E-state index in [1.807, 2.05) is 24.3 Å². The first-order valence-electron chi connectivity index (χ1n) is 11.3. The maximum atomic E-state index is 13.5. The molecule has 0 aliphatic rings. The van der Waals surface area contributed by atoms with Crippen molar-refractivity contribution in [3.8, 4) is 17.2 Å². The zero-order valence-electron chi connectivity index (χ0n) is 20.1. The van der Waals surface area contributed by atoms with Gasteiger partial charge >= 0.3 is 0 Å². The van der Waals surface area contributed by atoms with E-state index in [4.69, 9.17) is 28.9 Å². The number of nitrogens with two attached hydrogens (primary N) is 1. The van der Waals surface area contributed by atoms with E-state index < -0.39 is 11.8 Å². The number of hydrogen-bond acceptors (Lipinski definition) is 7. The number of pyridine rings is 1. The monoisotopic (exact) mass is 625 g/mol. The molecule has 11 nitrogen and oxygen atoms in total. The van der Waals surface area contributed by atoms with Crippen molar-refractivity contribution in [3.63, 3.8) is 0 Å². The molecule has 0 aliphatic carbocycles. The van der Waals surface area contributed by atoms with Crippen molar-refractivity contribution in [2.75, 3.05) is 5.32 Å². The van der Waals surface area contributed by atoms with Crippen LogP contribution in [-0.4, -0.2) is 46.8 Å². The van der Waals surface area contributed by atoms with E-state index in [0.717, 1.165) is 10.0 Å². The number of aromatic nitrogens is 7. The molecule has 0 aliphatic heterocycles. The maximum Gasteiger partial charge on any atom is 0.274 e. The van der Waals surface area contributed by atoms with Gasteiger partial charge in [0.2, 0.25) is 5.82 Å². The van der Waals surface area contributed by atoms with Gasteiger partial charge in [0.05, 0.1) is 22.0 Å². The van der Waals surface area contributed by atoms with Crippen LogP contribution in [0.3, 0.4) is 0 Å². The van der Waals surface area contributed by atoms with Crippen LogP contribution in [0.15, 0.2) is 65.3 Å². The number of carbonyl (C=O) groups excluding carboxylic acids is 2. The number of carbonyl (C=O) groups is 2. The van der Waals surface area contributed by atoms with Crippen LogP contribution in [0.2, 0.25) is 10.0 Å². The number of hydrogen-bond donors (Lipinski definition) is 2. The Balaban J connectivity index is 1.51. The minimum absolute atomic E-state index is 0.0717. The molecular weight excluding hydrogens is 609 g/mol. The number of rotatable bonds is 7. The fourth-order valence-corrected chi connectivity index (χ4v) is 4.72. The third-order valence-electron chi connectivity index (χ3n) is 5.58. The first-order chi connectivity index (χ1) is 18.7. The van der Waals surface area contributed by atoms with Crippen LogP contribution in [-0.2, 0) is 6.54 Å². The quantitative estimate of drug-likeness (QED) is 0.266. The van der Waals surface area contributed by atoms with E-state index >= 15 is 0 Å². The summed E-state index contributed by atoms with van der Waals surface area (Å²) in [7, 11) is 0. The minimum Gasteiger partial charge on any atom is -0.366 e. The van der Waals surface area contributed by atoms with Crippen molar-refractivity contribution < 1.29 is 9.59 Å². The number of aryl methyl sites for hydroxylation is 1. The van der Waals surface area contributed by atoms with Crippen molar-refractivity contribution in [1.82, 2.24) is 35.0 Å². The lowest BCUT2D eigenvalue weighted by Crippen LogP contribution is -2.21. The van der Waals surface area contributed by atoms with Crippen LogP contribution in [0.5, 0.6) is 0 Å². The molecule has 0 radical (unpaired) electrons. The van der Waals surface area contributed by atoms with E-state index in [2.05, 4.69) is 46.7 Å². The summed E-state index contributed by atoms with van der Waals surface area (Å²) in [4.78, 5) is 31.2. The summed E-state index contributed by atoms with van der Waals surface area (Å²) in [6.45, 7) is 1.80. The van der Waals surface area contributed by atoms with Gasteiger partial charge in [-0.2, -0.15) is 9.90 Å². The summed E-state index contributed by atoms with van der Waals surface area (Å²) in [6, 6.07) is 15.4. The van der Waals surface area contributed by atoms with Gasteiger partial charge in [0, 0.05) is 21.3 Å². The average Bonchev–Trinajstić information content (AvgIpc) is 3.53. The number of anilines is 1. The Morgan fingerprint density at radius 1 is 1.08 bits per heavy atom. The molecular formula is C25H18BrCl2N9O2. The summed E-state index contributed by atoms with van der Waals surface area (Å²) in [5.41, 5.74) is 7.70. The Kier molecular flexibility index (Phi) is 7.42. The van der Waals surface area contributed by atoms with Crippen LogP contribution in [0, 0.1) is 6.92 Å². The first kappa shape index (κ1) is 26.5. The van der Waals surface area contributed by atoms with Gasteiger partial charge in [-0.25, -0.2) is 9.67 Å². The molecule has 0 atom stereocenters. The number of nitrogens with zero attached hydrogens (tertiary/aromatic N) is 7. The minimum atomic E-state index is -0.739. The summed E-state index contributed by atoms with van der Waals surface area (Å²) >= 11 is 15.9. The number of amides is 2. The predicted octanol–water partition coefficient (Wildman–Crippen LogP) is 4.70. The molecule has 5 aromatic rings. The molecule has 0 fully saturated rings. The third-order valence-corrected chi connectivity index (χ3v) is 6.58. The van der Waals surface area contributed by atoms with Gasteiger partial charge in [0.25, 0.3) is 11.8 Å². The second-order valence-corrected chi connectivity index (χ2v) is 10.1. The van der Waals surface area contributed by atoms with Crippen molar-refractivity contribution in [3.05, 3.63) is 97.8 Å². The average molecular weight is 627 g/mol. The van der Waals surface area contributed by atoms with E-state index in [9.17, 15) is 9.59 Å². The van der Waals surface area contributed by atoms with Gasteiger partial charge in [-0.1, -0.05) is 51.3 Å². The highest BCUT2D eigenvalue weighted by Gasteiger charge is 2.23. The summed E-state index contributed by atoms with van der Waals surface area (Å²) in [6.07, 6.45) is 1.53. The molecule has 196 valence electrons. The lowest BCUT2D eigenvalue weighted by Gasteiger charge is -2.13. The number of tetrazole rings is 1. The molecule has 0 saturated heterocycles. The molecule has 3 heterocycles. The second-order valence-electron chi connectivity index (χ2n) is 8.36. The van der Waals surface area contributed by atoms with Gasteiger partial charge in [0.1, 0.15) is 12.2 Å². The lowest BCUT2D eigenvalue weighted by molar-refractivity contribution is 0.100. The maximum absolute atomic E-state index is 13.5. The Labute approximate surface area is 240 Å². The summed E-state index contributed by atoms with van der Waals surface area (Å²) in [5, 5.41) is 20.6. The molecule has 2 aromatic carbocycles. The number of primary amides is 1. The second kappa shape index (κ2) is 10.9. The van der Waals surface area contributed by atoms with Gasteiger partial charge < -0.3 is 11.1 Å². The normalized spacial score (nSPS) is 11.0. The van der Waals surface area contributed by atoms with Gasteiger partial charge in [0.15, 0.2) is 5.82 Å². The SMILES string of the molecule is Cc1cc(Cl)cc(C(N)=O)c1NC(=O)c1cc(Cn2nnc(-c3cccc(Br)c3)n2)nn1-c1ncccc1Cl. The van der Waals surface area contributed by atoms with Crippen molar-refractivity contribution >= 4 is 56.6 Å². The summed E-state index contributed by atoms with van der Waals surface area (Å²) < 4.78 is 2.20. The zero-order valence-corrected chi connectivity index (χ0v) is 23.2. The highest BCUT2D eigenvalue weighted by Crippen LogP contribution is 2.27. The van der Waals surface area contributed by atoms with E-state index in [0.29, 0.717) is 22.1 Å². The van der Waals surface area contributed by atoms with E-state index in [-0.39, 0.29) is 34.3 Å². The Hall–Kier alpha value is -4.13. The van der Waals surface area contributed by atoms with Crippen LogP contribution >= 0.6 is 39.1 Å². The van der Waals surface area contributed by atoms with E-state index in [1.54, 1.807) is 31.2 Å². The summed E-state index contributed by atoms with van der Waals surface area (Å²) in [5.74, 6) is -0.653.